The minimum absolute atomic E-state index is 0.854. The summed E-state index contributed by atoms with van der Waals surface area (Å²) < 4.78 is 0. The molecule has 0 atom stereocenters. The van der Waals surface area contributed by atoms with E-state index in [0.717, 1.165) is 71.0 Å². The quantitative estimate of drug-likeness (QED) is 0.116. The molecule has 0 aromatic heterocycles. The Balaban J connectivity index is -0.000000545. The minimum Gasteiger partial charge on any atom is -0.0628 e. The molecule has 0 saturated carbocycles. The maximum Gasteiger partial charge on any atom is -0.0368 e. The van der Waals surface area contributed by atoms with Crippen molar-refractivity contribution in [1.82, 2.24) is 0 Å². The molecule has 0 amide bonds. The molecule has 0 aromatic rings. The molecule has 0 saturated heterocycles. The lowest BCUT2D eigenvalue weighted by atomic mass is 9.81. The monoisotopic (exact) mass is 595 g/mol. The zero-order valence-corrected chi connectivity index (χ0v) is 33.4. The van der Waals surface area contributed by atoms with E-state index in [1.165, 1.54) is 77.0 Å². The third-order valence-corrected chi connectivity index (χ3v) is 9.84. The van der Waals surface area contributed by atoms with Crippen molar-refractivity contribution < 1.29 is 0 Å². The van der Waals surface area contributed by atoms with Gasteiger partial charge in [0.25, 0.3) is 0 Å². The minimum atomic E-state index is 0.854. The highest BCUT2D eigenvalue weighted by atomic mass is 14.2. The predicted octanol–water partition coefficient (Wildman–Crippen LogP) is 15.4. The van der Waals surface area contributed by atoms with Gasteiger partial charge in [0, 0.05) is 0 Å². The van der Waals surface area contributed by atoms with E-state index in [4.69, 9.17) is 0 Å². The number of rotatable bonds is 21. The van der Waals surface area contributed by atoms with E-state index in [-0.39, 0.29) is 0 Å². The van der Waals surface area contributed by atoms with E-state index in [9.17, 15) is 0 Å². The lowest BCUT2D eigenvalue weighted by Gasteiger charge is -2.25. The van der Waals surface area contributed by atoms with Crippen LogP contribution < -0.4 is 0 Å². The highest BCUT2D eigenvalue weighted by Gasteiger charge is 2.18. The van der Waals surface area contributed by atoms with Crippen LogP contribution in [-0.2, 0) is 0 Å². The second-order valence-electron chi connectivity index (χ2n) is 17.5. The van der Waals surface area contributed by atoms with Crippen molar-refractivity contribution in [2.24, 2.45) is 71.0 Å². The van der Waals surface area contributed by atoms with E-state index in [1.807, 2.05) is 0 Å². The Morgan fingerprint density at radius 3 is 0.667 bits per heavy atom. The fourth-order valence-corrected chi connectivity index (χ4v) is 7.11. The van der Waals surface area contributed by atoms with Crippen molar-refractivity contribution in [3.63, 3.8) is 0 Å². The van der Waals surface area contributed by atoms with Crippen LogP contribution in [0, 0.1) is 71.0 Å². The molecule has 0 rings (SSSR count). The van der Waals surface area contributed by atoms with Crippen molar-refractivity contribution in [2.45, 2.75) is 202 Å². The van der Waals surface area contributed by atoms with Crippen molar-refractivity contribution >= 4 is 0 Å². The van der Waals surface area contributed by atoms with E-state index in [0.29, 0.717) is 0 Å². The summed E-state index contributed by atoms with van der Waals surface area (Å²) in [7, 11) is 0. The number of unbranched alkanes of at least 4 members (excludes halogenated alkanes) is 3. The first-order valence-corrected chi connectivity index (χ1v) is 19.3. The molecule has 0 heteroatoms. The first kappa shape index (κ1) is 46.4. The maximum absolute atomic E-state index is 2.37. The summed E-state index contributed by atoms with van der Waals surface area (Å²) in [5, 5.41) is 0. The van der Waals surface area contributed by atoms with Crippen LogP contribution in [0.3, 0.4) is 0 Å². The van der Waals surface area contributed by atoms with Gasteiger partial charge in [0.05, 0.1) is 0 Å². The first-order chi connectivity index (χ1) is 19.3. The summed E-state index contributed by atoms with van der Waals surface area (Å²) in [5.74, 6) is 10.6. The predicted molar refractivity (Wildman–Crippen MR) is 199 cm³/mol. The smallest absolute Gasteiger partial charge is 0.0368 e. The Hall–Kier alpha value is 0. The molecule has 0 radical (unpaired) electrons. The Labute approximate surface area is 272 Å². The highest BCUT2D eigenvalue weighted by Crippen LogP contribution is 2.28. The molecule has 0 fully saturated rings. The fourth-order valence-electron chi connectivity index (χ4n) is 7.11. The van der Waals surface area contributed by atoms with Gasteiger partial charge in [-0.05, 0) is 90.3 Å². The van der Waals surface area contributed by atoms with Gasteiger partial charge in [-0.25, -0.2) is 0 Å². The summed E-state index contributed by atoms with van der Waals surface area (Å²) in [4.78, 5) is 0. The third-order valence-electron chi connectivity index (χ3n) is 9.84. The lowest BCUT2D eigenvalue weighted by Crippen LogP contribution is -2.15. The van der Waals surface area contributed by atoms with Gasteiger partial charge in [-0.15, -0.1) is 0 Å². The van der Waals surface area contributed by atoms with Gasteiger partial charge >= 0.3 is 0 Å². The van der Waals surface area contributed by atoms with Crippen LogP contribution in [0.2, 0.25) is 0 Å². The summed E-state index contributed by atoms with van der Waals surface area (Å²) in [6.45, 7) is 42.3. The molecule has 0 nitrogen and oxygen atoms in total. The van der Waals surface area contributed by atoms with Crippen LogP contribution in [0.4, 0.5) is 0 Å². The molecule has 0 aliphatic carbocycles. The number of hydrogen-bond acceptors (Lipinski definition) is 0. The van der Waals surface area contributed by atoms with Gasteiger partial charge in [-0.3, -0.25) is 0 Å². The van der Waals surface area contributed by atoms with Crippen LogP contribution in [0.5, 0.6) is 0 Å². The molecule has 0 aliphatic rings. The fraction of sp³-hybridized carbons (Fsp3) is 1.00. The summed E-state index contributed by atoms with van der Waals surface area (Å²) in [6.07, 6.45) is 17.1. The third kappa shape index (κ3) is 30.0. The van der Waals surface area contributed by atoms with E-state index in [2.05, 4.69) is 125 Å². The molecular weight excluding hydrogens is 504 g/mol. The van der Waals surface area contributed by atoms with Crippen LogP contribution in [0.25, 0.3) is 0 Å². The second-order valence-corrected chi connectivity index (χ2v) is 17.5. The Morgan fingerprint density at radius 1 is 0.214 bits per heavy atom. The van der Waals surface area contributed by atoms with Gasteiger partial charge in [0.1, 0.15) is 0 Å². The van der Waals surface area contributed by atoms with Crippen LogP contribution >= 0.6 is 0 Å². The zero-order chi connectivity index (χ0) is 33.4. The normalized spacial score (nSPS) is 12.4. The average Bonchev–Trinajstić information content (AvgIpc) is 2.82. The highest BCUT2D eigenvalue weighted by molar-refractivity contribution is 4.69. The maximum atomic E-state index is 2.37. The van der Waals surface area contributed by atoms with Gasteiger partial charge in [0.15, 0.2) is 0 Å². The van der Waals surface area contributed by atoms with Crippen molar-refractivity contribution in [1.29, 1.82) is 0 Å². The molecule has 0 N–H and O–H groups in total. The van der Waals surface area contributed by atoms with Crippen molar-refractivity contribution in [3.8, 4) is 0 Å². The molecule has 42 heavy (non-hydrogen) atoms. The van der Waals surface area contributed by atoms with Crippen LogP contribution in [-0.4, -0.2) is 0 Å². The Kier molecular flexibility index (Phi) is 31.5. The summed E-state index contributed by atoms with van der Waals surface area (Å²) in [6, 6.07) is 0. The van der Waals surface area contributed by atoms with E-state index >= 15 is 0 Å². The van der Waals surface area contributed by atoms with Crippen molar-refractivity contribution in [3.05, 3.63) is 0 Å². The second kappa shape index (κ2) is 28.5. The molecular formula is C42H90. The number of hydrogen-bond donors (Lipinski definition) is 0. The summed E-state index contributed by atoms with van der Waals surface area (Å²) >= 11 is 0. The SMILES string of the molecule is CC(C)CCCC(C(C)C)C(C)C.CC(C)CCCCC(C(C)C)C(C)C.CC(C)CCCCCC(C(C)C)C(C)C. The van der Waals surface area contributed by atoms with Gasteiger partial charge < -0.3 is 0 Å². The van der Waals surface area contributed by atoms with Crippen molar-refractivity contribution in [2.75, 3.05) is 0 Å². The van der Waals surface area contributed by atoms with Gasteiger partial charge in [-0.1, -0.05) is 182 Å². The Morgan fingerprint density at radius 2 is 0.405 bits per heavy atom. The average molecular weight is 595 g/mol. The first-order valence-electron chi connectivity index (χ1n) is 19.3. The molecule has 0 bridgehead atoms. The van der Waals surface area contributed by atoms with E-state index < -0.39 is 0 Å². The molecule has 0 unspecified atom stereocenters. The van der Waals surface area contributed by atoms with Crippen LogP contribution in [0.15, 0.2) is 0 Å². The van der Waals surface area contributed by atoms with Gasteiger partial charge in [0.2, 0.25) is 0 Å². The Bertz CT molecular complexity index is 494. The molecule has 258 valence electrons. The summed E-state index contributed by atoms with van der Waals surface area (Å²) in [5.41, 5.74) is 0. The molecule has 0 aromatic carbocycles. The standard InChI is InChI=1S/C15H32.C14H30.C13H28/c1-12(2)10-8-7-9-11-15(13(3)4)14(5)6;1-11(2)9-7-8-10-14(12(3)4)13(5)6;1-10(2)8-7-9-13(11(3)4)12(5)6/h12-15H,7-11H2,1-6H3;11-14H,7-10H2,1-6H3;10-13H,7-9H2,1-6H3. The molecule has 0 heterocycles. The molecule has 0 aliphatic heterocycles. The largest absolute Gasteiger partial charge is 0.0628 e. The zero-order valence-electron chi connectivity index (χ0n) is 33.4. The molecule has 0 spiro atoms. The van der Waals surface area contributed by atoms with Gasteiger partial charge in [-0.2, -0.15) is 0 Å². The van der Waals surface area contributed by atoms with Crippen LogP contribution in [0.1, 0.15) is 202 Å². The topological polar surface area (TPSA) is 0 Å². The van der Waals surface area contributed by atoms with E-state index in [1.54, 1.807) is 0 Å². The lowest BCUT2D eigenvalue weighted by molar-refractivity contribution is 0.258.